The monoisotopic (exact) mass is 336 g/mol. The van der Waals surface area contributed by atoms with Crippen molar-refractivity contribution >= 4 is 69.2 Å². The van der Waals surface area contributed by atoms with Gasteiger partial charge in [-0.05, 0) is 40.2 Å². The summed E-state index contributed by atoms with van der Waals surface area (Å²) in [7, 11) is -1.45. The number of thiol groups is 1. The number of hydrogen-bond acceptors (Lipinski definition) is 4. The van der Waals surface area contributed by atoms with E-state index in [2.05, 4.69) is 35.2 Å². The van der Waals surface area contributed by atoms with Crippen molar-refractivity contribution in [2.24, 2.45) is 0 Å². The molecule has 0 aliphatic heterocycles. The normalized spacial score (nSPS) is 10.9. The Labute approximate surface area is 105 Å². The Hall–Kier alpha value is 0.245. The Bertz CT molecular complexity index is 483. The first-order chi connectivity index (χ1) is 6.59. The van der Waals surface area contributed by atoms with E-state index >= 15 is 0 Å². The molecule has 0 atom stereocenters. The number of thiophene rings is 1. The SMILES string of the molecule is OB(O)c1ccc2sc(I)cc2c1S. The van der Waals surface area contributed by atoms with Crippen LogP contribution in [0.15, 0.2) is 23.1 Å². The first-order valence-corrected chi connectivity index (χ1v) is 6.21. The lowest BCUT2D eigenvalue weighted by atomic mass is 9.80. The summed E-state index contributed by atoms with van der Waals surface area (Å²) in [5.74, 6) is 0. The van der Waals surface area contributed by atoms with E-state index in [9.17, 15) is 0 Å². The van der Waals surface area contributed by atoms with Gasteiger partial charge in [0.25, 0.3) is 0 Å². The lowest BCUT2D eigenvalue weighted by Crippen LogP contribution is -2.30. The van der Waals surface area contributed by atoms with Crippen LogP contribution in [0.5, 0.6) is 0 Å². The van der Waals surface area contributed by atoms with Gasteiger partial charge in [-0.25, -0.2) is 0 Å². The molecular formula is C8H6BIO2S2. The van der Waals surface area contributed by atoms with Crippen LogP contribution in [0.4, 0.5) is 0 Å². The second-order valence-corrected chi connectivity index (χ2v) is 6.26. The molecular weight excluding hydrogens is 330 g/mol. The van der Waals surface area contributed by atoms with E-state index < -0.39 is 7.12 Å². The van der Waals surface area contributed by atoms with Crippen LogP contribution in [0, 0.1) is 2.88 Å². The van der Waals surface area contributed by atoms with Gasteiger partial charge < -0.3 is 10.0 Å². The summed E-state index contributed by atoms with van der Waals surface area (Å²) in [6.45, 7) is 0. The fourth-order valence-corrected chi connectivity index (χ4v) is 3.56. The third-order valence-corrected chi connectivity index (χ3v) is 4.31. The van der Waals surface area contributed by atoms with Gasteiger partial charge in [-0.1, -0.05) is 6.07 Å². The molecule has 2 aromatic rings. The molecule has 6 heteroatoms. The zero-order valence-corrected chi connectivity index (χ0v) is 10.8. The zero-order valence-electron chi connectivity index (χ0n) is 6.94. The summed E-state index contributed by atoms with van der Waals surface area (Å²) in [5.41, 5.74) is 0.454. The molecule has 2 nitrogen and oxygen atoms in total. The van der Waals surface area contributed by atoms with E-state index in [0.717, 1.165) is 13.0 Å². The molecule has 1 aromatic carbocycles. The topological polar surface area (TPSA) is 40.5 Å². The van der Waals surface area contributed by atoms with Crippen molar-refractivity contribution in [3.05, 3.63) is 21.1 Å². The Morgan fingerprint density at radius 3 is 2.71 bits per heavy atom. The zero-order chi connectivity index (χ0) is 10.3. The third-order valence-electron chi connectivity index (χ3n) is 1.95. The smallest absolute Gasteiger partial charge is 0.423 e. The van der Waals surface area contributed by atoms with Crippen LogP contribution in [0.25, 0.3) is 10.1 Å². The summed E-state index contributed by atoms with van der Waals surface area (Å²) in [5, 5.41) is 19.1. The van der Waals surface area contributed by atoms with E-state index in [1.54, 1.807) is 17.4 Å². The molecule has 0 saturated heterocycles. The van der Waals surface area contributed by atoms with Crippen LogP contribution in [-0.2, 0) is 0 Å². The van der Waals surface area contributed by atoms with Crippen molar-refractivity contribution in [2.75, 3.05) is 0 Å². The van der Waals surface area contributed by atoms with E-state index in [1.165, 1.54) is 0 Å². The van der Waals surface area contributed by atoms with Gasteiger partial charge in [-0.2, -0.15) is 0 Å². The van der Waals surface area contributed by atoms with Crippen LogP contribution in [0.2, 0.25) is 0 Å². The van der Waals surface area contributed by atoms with E-state index in [-0.39, 0.29) is 0 Å². The summed E-state index contributed by atoms with van der Waals surface area (Å²) >= 11 is 8.20. The van der Waals surface area contributed by atoms with Gasteiger partial charge >= 0.3 is 7.12 Å². The minimum atomic E-state index is -1.45. The summed E-state index contributed by atoms with van der Waals surface area (Å²) < 4.78 is 2.28. The molecule has 1 aromatic heterocycles. The molecule has 0 unspecified atom stereocenters. The van der Waals surface area contributed by atoms with Crippen molar-refractivity contribution in [3.8, 4) is 0 Å². The third kappa shape index (κ3) is 1.81. The van der Waals surface area contributed by atoms with Crippen LogP contribution in [0.1, 0.15) is 0 Å². The lowest BCUT2D eigenvalue weighted by Gasteiger charge is -2.03. The van der Waals surface area contributed by atoms with Gasteiger partial charge in [-0.15, -0.1) is 24.0 Å². The van der Waals surface area contributed by atoms with E-state index in [4.69, 9.17) is 10.0 Å². The highest BCUT2D eigenvalue weighted by Crippen LogP contribution is 2.30. The van der Waals surface area contributed by atoms with E-state index in [0.29, 0.717) is 10.4 Å². The number of fused-ring (bicyclic) bond motifs is 1. The second kappa shape index (κ2) is 4.01. The van der Waals surface area contributed by atoms with Gasteiger partial charge in [0.05, 0.1) is 2.88 Å². The van der Waals surface area contributed by atoms with Crippen molar-refractivity contribution in [1.82, 2.24) is 0 Å². The Morgan fingerprint density at radius 2 is 2.07 bits per heavy atom. The molecule has 0 aliphatic carbocycles. The summed E-state index contributed by atoms with van der Waals surface area (Å²) in [6.07, 6.45) is 0. The van der Waals surface area contributed by atoms with Crippen LogP contribution in [0.3, 0.4) is 0 Å². The highest BCUT2D eigenvalue weighted by molar-refractivity contribution is 14.1. The fraction of sp³-hybridized carbons (Fsp3) is 0. The quantitative estimate of drug-likeness (QED) is 0.419. The van der Waals surface area contributed by atoms with Gasteiger partial charge in [-0.3, -0.25) is 0 Å². The van der Waals surface area contributed by atoms with Gasteiger partial charge in [0, 0.05) is 15.0 Å². The number of halogens is 1. The van der Waals surface area contributed by atoms with Crippen LogP contribution >= 0.6 is 46.6 Å². The molecule has 72 valence electrons. The van der Waals surface area contributed by atoms with Crippen molar-refractivity contribution < 1.29 is 10.0 Å². The average molecular weight is 336 g/mol. The molecule has 0 fully saturated rings. The molecule has 14 heavy (non-hydrogen) atoms. The number of rotatable bonds is 1. The van der Waals surface area contributed by atoms with Gasteiger partial charge in [0.2, 0.25) is 0 Å². The first kappa shape index (κ1) is 10.8. The van der Waals surface area contributed by atoms with E-state index in [1.807, 2.05) is 12.1 Å². The molecule has 0 aliphatic rings. The second-order valence-electron chi connectivity index (χ2n) is 2.84. The van der Waals surface area contributed by atoms with Crippen LogP contribution in [-0.4, -0.2) is 17.2 Å². The molecule has 0 radical (unpaired) electrons. The van der Waals surface area contributed by atoms with Crippen molar-refractivity contribution in [1.29, 1.82) is 0 Å². The highest BCUT2D eigenvalue weighted by Gasteiger charge is 2.16. The minimum absolute atomic E-state index is 0.454. The number of hydrogen-bond donors (Lipinski definition) is 3. The van der Waals surface area contributed by atoms with Gasteiger partial charge in [0.1, 0.15) is 0 Å². The molecule has 1 heterocycles. The highest BCUT2D eigenvalue weighted by atomic mass is 127. The van der Waals surface area contributed by atoms with Crippen molar-refractivity contribution in [2.45, 2.75) is 4.90 Å². The Kier molecular flexibility index (Phi) is 3.08. The van der Waals surface area contributed by atoms with Crippen molar-refractivity contribution in [3.63, 3.8) is 0 Å². The average Bonchev–Trinajstić information content (AvgIpc) is 2.46. The maximum Gasteiger partial charge on any atom is 0.489 e. The molecule has 0 spiro atoms. The molecule has 2 N–H and O–H groups in total. The Morgan fingerprint density at radius 1 is 1.36 bits per heavy atom. The predicted molar refractivity (Wildman–Crippen MR) is 71.6 cm³/mol. The fourth-order valence-electron chi connectivity index (χ4n) is 1.29. The lowest BCUT2D eigenvalue weighted by molar-refractivity contribution is 0.425. The summed E-state index contributed by atoms with van der Waals surface area (Å²) in [4.78, 5) is 0.650. The molecule has 0 saturated carbocycles. The molecule has 2 rings (SSSR count). The van der Waals surface area contributed by atoms with Crippen LogP contribution < -0.4 is 5.46 Å². The Balaban J connectivity index is 2.74. The molecule has 0 amide bonds. The largest absolute Gasteiger partial charge is 0.489 e. The minimum Gasteiger partial charge on any atom is -0.423 e. The maximum absolute atomic E-state index is 9.08. The van der Waals surface area contributed by atoms with Gasteiger partial charge in [0.15, 0.2) is 0 Å². The first-order valence-electron chi connectivity index (χ1n) is 3.86. The summed E-state index contributed by atoms with van der Waals surface area (Å²) in [6, 6.07) is 5.58. The predicted octanol–water partition coefficient (Wildman–Crippen LogP) is 1.47. The number of benzene rings is 1. The standard InChI is InChI=1S/C8H6BIO2S2/c10-7-3-4-6(14-7)2-1-5(8(4)13)9(11)12/h1-3,11-13H. The molecule has 0 bridgehead atoms. The maximum atomic E-state index is 9.08.